The van der Waals surface area contributed by atoms with Gasteiger partial charge in [-0.05, 0) is 37.0 Å². The highest BCUT2D eigenvalue weighted by molar-refractivity contribution is 7.89. The van der Waals surface area contributed by atoms with Crippen LogP contribution in [0.15, 0.2) is 23.1 Å². The smallest absolute Gasteiger partial charge is 0.335 e. The molecule has 6 heteroatoms. The second kappa shape index (κ2) is 4.94. The largest absolute Gasteiger partial charge is 0.478 e. The summed E-state index contributed by atoms with van der Waals surface area (Å²) in [5.41, 5.74) is 0.565. The number of sulfonamides is 1. The van der Waals surface area contributed by atoms with E-state index in [0.29, 0.717) is 11.5 Å². The molecule has 1 aromatic carbocycles. The number of hydrogen-bond acceptors (Lipinski definition) is 3. The van der Waals surface area contributed by atoms with Crippen molar-refractivity contribution in [2.24, 2.45) is 5.92 Å². The Hall–Kier alpha value is -1.40. The monoisotopic (exact) mass is 283 g/mol. The molecule has 0 saturated heterocycles. The quantitative estimate of drug-likeness (QED) is 0.862. The third kappa shape index (κ3) is 2.96. The van der Waals surface area contributed by atoms with Gasteiger partial charge >= 0.3 is 5.97 Å². The lowest BCUT2D eigenvalue weighted by Gasteiger charge is -2.08. The molecule has 2 rings (SSSR count). The number of hydrogen-bond donors (Lipinski definition) is 2. The summed E-state index contributed by atoms with van der Waals surface area (Å²) in [4.78, 5) is 11.0. The van der Waals surface area contributed by atoms with Crippen LogP contribution in [0.1, 0.15) is 35.7 Å². The van der Waals surface area contributed by atoms with Crippen LogP contribution in [0.3, 0.4) is 0 Å². The van der Waals surface area contributed by atoms with Gasteiger partial charge in [0.05, 0.1) is 10.5 Å². The van der Waals surface area contributed by atoms with Crippen molar-refractivity contribution in [3.05, 3.63) is 29.3 Å². The van der Waals surface area contributed by atoms with E-state index in [-0.39, 0.29) is 16.5 Å². The van der Waals surface area contributed by atoms with Gasteiger partial charge in [0, 0.05) is 6.04 Å². The maximum atomic E-state index is 12.1. The van der Waals surface area contributed by atoms with Crippen molar-refractivity contribution in [1.82, 2.24) is 4.72 Å². The fraction of sp³-hybridized carbons (Fsp3) is 0.462. The first kappa shape index (κ1) is 14.0. The van der Waals surface area contributed by atoms with Gasteiger partial charge in [-0.25, -0.2) is 17.9 Å². The third-order valence-electron chi connectivity index (χ3n) is 3.50. The van der Waals surface area contributed by atoms with Gasteiger partial charge in [-0.2, -0.15) is 0 Å². The van der Waals surface area contributed by atoms with Gasteiger partial charge in [-0.3, -0.25) is 0 Å². The Morgan fingerprint density at radius 2 is 2.16 bits per heavy atom. The molecule has 2 N–H and O–H groups in total. The first-order chi connectivity index (χ1) is 8.85. The highest BCUT2D eigenvalue weighted by Gasteiger charge is 2.38. The van der Waals surface area contributed by atoms with E-state index in [9.17, 15) is 13.2 Å². The van der Waals surface area contributed by atoms with Gasteiger partial charge in [-0.1, -0.05) is 19.4 Å². The zero-order chi connectivity index (χ0) is 14.2. The normalized spacial score (nSPS) is 22.2. The highest BCUT2D eigenvalue weighted by Crippen LogP contribution is 2.34. The Morgan fingerprint density at radius 3 is 2.68 bits per heavy atom. The van der Waals surface area contributed by atoms with E-state index in [1.54, 1.807) is 6.92 Å². The van der Waals surface area contributed by atoms with Crippen LogP contribution in [-0.2, 0) is 10.0 Å². The lowest BCUT2D eigenvalue weighted by molar-refractivity contribution is 0.0696. The number of aromatic carboxylic acids is 1. The number of nitrogens with one attached hydrogen (secondary N) is 1. The Bertz CT molecular complexity index is 609. The average Bonchev–Trinajstić information content (AvgIpc) is 3.06. The van der Waals surface area contributed by atoms with Gasteiger partial charge in [0.25, 0.3) is 0 Å². The molecule has 1 aliphatic carbocycles. The molecule has 1 fully saturated rings. The van der Waals surface area contributed by atoms with E-state index < -0.39 is 16.0 Å². The summed E-state index contributed by atoms with van der Waals surface area (Å²) in [6.07, 6.45) is 1.80. The van der Waals surface area contributed by atoms with E-state index in [1.165, 1.54) is 18.2 Å². The number of carboxylic acid groups (broad SMARTS) is 1. The molecule has 0 bridgehead atoms. The summed E-state index contributed by atoms with van der Waals surface area (Å²) < 4.78 is 26.9. The molecule has 1 aliphatic rings. The molecule has 5 nitrogen and oxygen atoms in total. The van der Waals surface area contributed by atoms with Crippen LogP contribution in [-0.4, -0.2) is 25.5 Å². The fourth-order valence-electron chi connectivity index (χ4n) is 2.11. The zero-order valence-electron chi connectivity index (χ0n) is 10.9. The third-order valence-corrected chi connectivity index (χ3v) is 4.99. The molecule has 0 aliphatic heterocycles. The molecular weight excluding hydrogens is 266 g/mol. The zero-order valence-corrected chi connectivity index (χ0v) is 11.7. The lowest BCUT2D eigenvalue weighted by atomic mass is 10.1. The molecule has 104 valence electrons. The Morgan fingerprint density at radius 1 is 1.47 bits per heavy atom. The van der Waals surface area contributed by atoms with Crippen molar-refractivity contribution >= 4 is 16.0 Å². The van der Waals surface area contributed by atoms with E-state index >= 15 is 0 Å². The molecule has 0 spiro atoms. The summed E-state index contributed by atoms with van der Waals surface area (Å²) in [6.45, 7) is 3.66. The molecular formula is C13H17NO4S. The first-order valence-corrected chi connectivity index (χ1v) is 7.69. The Kier molecular flexibility index (Phi) is 3.64. The molecule has 2 atom stereocenters. The lowest BCUT2D eigenvalue weighted by Crippen LogP contribution is -2.27. The number of aryl methyl sites for hydroxylation is 1. The van der Waals surface area contributed by atoms with Crippen molar-refractivity contribution in [3.63, 3.8) is 0 Å². The van der Waals surface area contributed by atoms with Gasteiger partial charge in [0.2, 0.25) is 10.0 Å². The highest BCUT2D eigenvalue weighted by atomic mass is 32.2. The minimum atomic E-state index is -3.63. The predicted molar refractivity (Wildman–Crippen MR) is 70.6 cm³/mol. The SMILES string of the molecule is CCC1CC1NS(=O)(=O)c1ccc(C)c(C(=O)O)c1. The van der Waals surface area contributed by atoms with Crippen LogP contribution in [0.4, 0.5) is 0 Å². The van der Waals surface area contributed by atoms with E-state index in [0.717, 1.165) is 12.8 Å². The number of carbonyl (C=O) groups is 1. The maximum Gasteiger partial charge on any atom is 0.335 e. The summed E-state index contributed by atoms with van der Waals surface area (Å²) in [6, 6.07) is 4.16. The summed E-state index contributed by atoms with van der Waals surface area (Å²) in [5.74, 6) is -0.716. The molecule has 1 saturated carbocycles. The molecule has 2 unspecified atom stereocenters. The molecule has 0 amide bonds. The van der Waals surface area contributed by atoms with Gasteiger partial charge in [0.1, 0.15) is 0 Å². The van der Waals surface area contributed by atoms with E-state index in [2.05, 4.69) is 4.72 Å². The van der Waals surface area contributed by atoms with Crippen LogP contribution in [0.25, 0.3) is 0 Å². The molecule has 0 radical (unpaired) electrons. The molecule has 1 aromatic rings. The van der Waals surface area contributed by atoms with Gasteiger partial charge in [-0.15, -0.1) is 0 Å². The van der Waals surface area contributed by atoms with Crippen molar-refractivity contribution < 1.29 is 18.3 Å². The average molecular weight is 283 g/mol. The Labute approximate surface area is 112 Å². The Balaban J connectivity index is 2.26. The minimum absolute atomic E-state index is 0.00965. The van der Waals surface area contributed by atoms with Crippen molar-refractivity contribution in [2.45, 2.75) is 37.6 Å². The summed E-state index contributed by atoms with van der Waals surface area (Å²) in [5, 5.41) is 9.01. The van der Waals surface area contributed by atoms with Crippen LogP contribution >= 0.6 is 0 Å². The number of benzene rings is 1. The van der Waals surface area contributed by atoms with Gasteiger partial charge < -0.3 is 5.11 Å². The number of carboxylic acids is 1. The van der Waals surface area contributed by atoms with Crippen LogP contribution < -0.4 is 4.72 Å². The number of rotatable bonds is 5. The van der Waals surface area contributed by atoms with Crippen LogP contribution in [0, 0.1) is 12.8 Å². The standard InChI is InChI=1S/C13H17NO4S/c1-3-9-6-12(9)14-19(17,18)10-5-4-8(2)11(7-10)13(15)16/h4-5,7,9,12,14H,3,6H2,1-2H3,(H,15,16). The topological polar surface area (TPSA) is 83.5 Å². The minimum Gasteiger partial charge on any atom is -0.478 e. The second-order valence-electron chi connectivity index (χ2n) is 4.91. The first-order valence-electron chi connectivity index (χ1n) is 6.21. The second-order valence-corrected chi connectivity index (χ2v) is 6.63. The summed E-state index contributed by atoms with van der Waals surface area (Å²) in [7, 11) is -3.63. The van der Waals surface area contributed by atoms with Crippen LogP contribution in [0.5, 0.6) is 0 Å². The van der Waals surface area contributed by atoms with E-state index in [4.69, 9.17) is 5.11 Å². The maximum absolute atomic E-state index is 12.1. The predicted octanol–water partition coefficient (Wildman–Crippen LogP) is 1.77. The van der Waals surface area contributed by atoms with Crippen LogP contribution in [0.2, 0.25) is 0 Å². The van der Waals surface area contributed by atoms with Crippen molar-refractivity contribution in [2.75, 3.05) is 0 Å². The van der Waals surface area contributed by atoms with E-state index in [1.807, 2.05) is 6.92 Å². The van der Waals surface area contributed by atoms with Crippen molar-refractivity contribution in [3.8, 4) is 0 Å². The van der Waals surface area contributed by atoms with Crippen molar-refractivity contribution in [1.29, 1.82) is 0 Å². The molecule has 19 heavy (non-hydrogen) atoms. The molecule has 0 aromatic heterocycles. The van der Waals surface area contributed by atoms with Gasteiger partial charge in [0.15, 0.2) is 0 Å². The molecule has 0 heterocycles. The fourth-order valence-corrected chi connectivity index (χ4v) is 3.45. The summed E-state index contributed by atoms with van der Waals surface area (Å²) >= 11 is 0.